The molecule has 2 N–H and O–H groups in total. The Hall–Kier alpha value is -1.90. The molecule has 0 bridgehead atoms. The number of benzene rings is 1. The van der Waals surface area contributed by atoms with E-state index in [0.717, 1.165) is 12.1 Å². The quantitative estimate of drug-likeness (QED) is 0.795. The maximum absolute atomic E-state index is 13.6. The van der Waals surface area contributed by atoms with E-state index in [-0.39, 0.29) is 18.1 Å². The van der Waals surface area contributed by atoms with Crippen molar-refractivity contribution >= 4 is 5.91 Å². The second-order valence-corrected chi connectivity index (χ2v) is 5.51. The number of nitrogens with zero attached hydrogens (tertiary/aromatic N) is 1. The molecule has 0 atom stereocenters. The van der Waals surface area contributed by atoms with Gasteiger partial charge in [-0.1, -0.05) is 17.9 Å². The first kappa shape index (κ1) is 15.5. The molecule has 1 aromatic carbocycles. The van der Waals surface area contributed by atoms with Gasteiger partial charge in [-0.15, -0.1) is 0 Å². The Kier molecular flexibility index (Phi) is 4.61. The molecule has 2 rings (SSSR count). The van der Waals surface area contributed by atoms with E-state index in [0.29, 0.717) is 13.1 Å². The van der Waals surface area contributed by atoms with E-state index in [2.05, 4.69) is 22.1 Å². The van der Waals surface area contributed by atoms with Gasteiger partial charge in [0.15, 0.2) is 0 Å². The Labute approximate surface area is 124 Å². The van der Waals surface area contributed by atoms with E-state index < -0.39 is 11.4 Å². The van der Waals surface area contributed by atoms with Gasteiger partial charge in [0.2, 0.25) is 5.91 Å². The smallest absolute Gasteiger partial charge is 0.240 e. The van der Waals surface area contributed by atoms with E-state index >= 15 is 0 Å². The van der Waals surface area contributed by atoms with Gasteiger partial charge in [-0.3, -0.25) is 9.69 Å². The molecule has 1 fully saturated rings. The van der Waals surface area contributed by atoms with Crippen LogP contribution in [0.25, 0.3) is 0 Å². The molecule has 112 valence electrons. The topological polar surface area (TPSA) is 52.6 Å². The fourth-order valence-electron chi connectivity index (χ4n) is 2.34. The zero-order chi connectivity index (χ0) is 15.5. The Morgan fingerprint density at radius 1 is 1.48 bits per heavy atom. The van der Waals surface area contributed by atoms with Gasteiger partial charge in [-0.05, 0) is 31.5 Å². The fourth-order valence-corrected chi connectivity index (χ4v) is 2.34. The third-order valence-electron chi connectivity index (χ3n) is 3.72. The third kappa shape index (κ3) is 3.41. The highest BCUT2D eigenvalue weighted by atomic mass is 19.1. The lowest BCUT2D eigenvalue weighted by Crippen LogP contribution is -2.61. The van der Waals surface area contributed by atoms with E-state index in [1.165, 1.54) is 6.07 Å². The van der Waals surface area contributed by atoms with Crippen LogP contribution in [0.15, 0.2) is 18.2 Å². The Bertz CT molecular complexity index is 602. The maximum Gasteiger partial charge on any atom is 0.240 e. The summed E-state index contributed by atoms with van der Waals surface area (Å²) in [6.07, 6.45) is 0. The molecule has 0 radical (unpaired) electrons. The normalized spacial score (nSPS) is 17.8. The summed E-state index contributed by atoms with van der Waals surface area (Å²) < 4.78 is 13.6. The van der Waals surface area contributed by atoms with Gasteiger partial charge >= 0.3 is 0 Å². The van der Waals surface area contributed by atoms with Crippen LogP contribution in [0.2, 0.25) is 0 Å². The molecule has 1 aliphatic heterocycles. The van der Waals surface area contributed by atoms with Gasteiger partial charge in [-0.2, -0.15) is 0 Å². The molecular formula is C16H19FN2O2. The molecule has 0 saturated carbocycles. The van der Waals surface area contributed by atoms with Crippen LogP contribution >= 0.6 is 0 Å². The van der Waals surface area contributed by atoms with Gasteiger partial charge in [0.25, 0.3) is 0 Å². The van der Waals surface area contributed by atoms with Crippen LogP contribution in [-0.2, 0) is 11.3 Å². The molecule has 1 aromatic rings. The largest absolute Gasteiger partial charge is 0.384 e. The van der Waals surface area contributed by atoms with Crippen LogP contribution < -0.4 is 5.32 Å². The Balaban J connectivity index is 2.21. The number of piperazine rings is 1. The molecule has 0 unspecified atom stereocenters. The average molecular weight is 290 g/mol. The minimum atomic E-state index is -0.594. The molecule has 21 heavy (non-hydrogen) atoms. The number of aliphatic hydroxyl groups excluding tert-OH is 1. The van der Waals surface area contributed by atoms with Gasteiger partial charge in [0.05, 0.1) is 11.1 Å². The first-order chi connectivity index (χ1) is 9.95. The summed E-state index contributed by atoms with van der Waals surface area (Å²) in [5, 5.41) is 11.5. The zero-order valence-corrected chi connectivity index (χ0v) is 12.2. The molecule has 1 amide bonds. The lowest BCUT2D eigenvalue weighted by Gasteiger charge is -2.41. The molecule has 0 spiro atoms. The monoisotopic (exact) mass is 290 g/mol. The fraction of sp³-hybridized carbons (Fsp3) is 0.438. The van der Waals surface area contributed by atoms with E-state index in [1.54, 1.807) is 12.1 Å². The highest BCUT2D eigenvalue weighted by Gasteiger charge is 2.37. The predicted molar refractivity (Wildman–Crippen MR) is 77.9 cm³/mol. The minimum Gasteiger partial charge on any atom is -0.384 e. The lowest BCUT2D eigenvalue weighted by atomic mass is 9.97. The number of aliphatic hydroxyl groups is 1. The van der Waals surface area contributed by atoms with Crippen LogP contribution in [-0.4, -0.2) is 41.1 Å². The highest BCUT2D eigenvalue weighted by molar-refractivity contribution is 5.86. The van der Waals surface area contributed by atoms with Crippen molar-refractivity contribution in [3.8, 4) is 11.8 Å². The van der Waals surface area contributed by atoms with E-state index in [1.807, 2.05) is 13.8 Å². The summed E-state index contributed by atoms with van der Waals surface area (Å²) in [5.41, 5.74) is 0.561. The van der Waals surface area contributed by atoms with Gasteiger partial charge < -0.3 is 10.4 Å². The van der Waals surface area contributed by atoms with Crippen molar-refractivity contribution in [2.45, 2.75) is 25.9 Å². The van der Waals surface area contributed by atoms with Gasteiger partial charge in [-0.25, -0.2) is 4.39 Å². The van der Waals surface area contributed by atoms with Crippen molar-refractivity contribution in [3.05, 3.63) is 35.1 Å². The van der Waals surface area contributed by atoms with Crippen molar-refractivity contribution < 1.29 is 14.3 Å². The first-order valence-electron chi connectivity index (χ1n) is 6.86. The number of rotatable bonds is 2. The number of hydrogen-bond acceptors (Lipinski definition) is 3. The Morgan fingerprint density at radius 2 is 2.24 bits per heavy atom. The number of hydrogen-bond donors (Lipinski definition) is 2. The average Bonchev–Trinajstić information content (AvgIpc) is 2.45. The van der Waals surface area contributed by atoms with Crippen LogP contribution in [0.1, 0.15) is 25.0 Å². The highest BCUT2D eigenvalue weighted by Crippen LogP contribution is 2.21. The molecule has 4 nitrogen and oxygen atoms in total. The number of carbonyl (C=O) groups is 1. The minimum absolute atomic E-state index is 0.00356. The number of amides is 1. The van der Waals surface area contributed by atoms with Gasteiger partial charge in [0.1, 0.15) is 12.4 Å². The van der Waals surface area contributed by atoms with Crippen LogP contribution in [0.3, 0.4) is 0 Å². The predicted octanol–water partition coefficient (Wildman–Crippen LogP) is 0.880. The molecule has 1 saturated heterocycles. The second kappa shape index (κ2) is 6.25. The van der Waals surface area contributed by atoms with Crippen molar-refractivity contribution in [3.63, 3.8) is 0 Å². The van der Waals surface area contributed by atoms with Crippen molar-refractivity contribution in [2.75, 3.05) is 19.7 Å². The zero-order valence-electron chi connectivity index (χ0n) is 12.2. The lowest BCUT2D eigenvalue weighted by molar-refractivity contribution is -0.135. The van der Waals surface area contributed by atoms with E-state index in [4.69, 9.17) is 5.11 Å². The van der Waals surface area contributed by atoms with Crippen molar-refractivity contribution in [1.29, 1.82) is 0 Å². The van der Waals surface area contributed by atoms with Crippen molar-refractivity contribution in [1.82, 2.24) is 10.2 Å². The summed E-state index contributed by atoms with van der Waals surface area (Å²) in [6, 6.07) is 4.73. The molecule has 1 aliphatic rings. The van der Waals surface area contributed by atoms with Crippen LogP contribution in [0.5, 0.6) is 0 Å². The standard InChI is InChI=1S/C16H19FN2O2/c1-16(2)15(21)18-7-8-19(16)11-12-5-6-14(17)13(10-12)4-3-9-20/h5-6,10,20H,7-9,11H2,1-2H3,(H,18,21). The van der Waals surface area contributed by atoms with Crippen molar-refractivity contribution in [2.24, 2.45) is 0 Å². The third-order valence-corrected chi connectivity index (χ3v) is 3.72. The Morgan fingerprint density at radius 3 is 2.95 bits per heavy atom. The van der Waals surface area contributed by atoms with E-state index in [9.17, 15) is 9.18 Å². The second-order valence-electron chi connectivity index (χ2n) is 5.51. The molecule has 1 heterocycles. The SMILES string of the molecule is CC1(C)C(=O)NCCN1Cc1ccc(F)c(C#CCO)c1. The first-order valence-corrected chi connectivity index (χ1v) is 6.86. The molecular weight excluding hydrogens is 271 g/mol. The summed E-state index contributed by atoms with van der Waals surface area (Å²) >= 11 is 0. The van der Waals surface area contributed by atoms with Crippen LogP contribution in [0.4, 0.5) is 4.39 Å². The van der Waals surface area contributed by atoms with Crippen LogP contribution in [0, 0.1) is 17.7 Å². The maximum atomic E-state index is 13.6. The van der Waals surface area contributed by atoms with Gasteiger partial charge in [0, 0.05) is 19.6 Å². The number of nitrogens with one attached hydrogen (secondary N) is 1. The number of carbonyl (C=O) groups excluding carboxylic acids is 1. The molecule has 0 aromatic heterocycles. The summed E-state index contributed by atoms with van der Waals surface area (Å²) in [4.78, 5) is 14.0. The summed E-state index contributed by atoms with van der Waals surface area (Å²) in [5.74, 6) is 4.63. The molecule has 5 heteroatoms. The summed E-state index contributed by atoms with van der Waals surface area (Å²) in [7, 11) is 0. The molecule has 0 aliphatic carbocycles. The summed E-state index contributed by atoms with van der Waals surface area (Å²) in [6.45, 7) is 5.35. The number of halogens is 1.